The highest BCUT2D eigenvalue weighted by Crippen LogP contribution is 2.31. The minimum atomic E-state index is -4.52. The maximum atomic E-state index is 13.1. The van der Waals surface area contributed by atoms with Gasteiger partial charge in [-0.15, -0.1) is 10.2 Å². The molecule has 36 heavy (non-hydrogen) atoms. The van der Waals surface area contributed by atoms with E-state index in [9.17, 15) is 18.0 Å². The number of methoxy groups -OCH3 is 1. The number of carbonyl (C=O) groups is 1. The molecule has 0 radical (unpaired) electrons. The molecule has 1 amide bonds. The van der Waals surface area contributed by atoms with Crippen molar-refractivity contribution in [3.63, 3.8) is 0 Å². The summed E-state index contributed by atoms with van der Waals surface area (Å²) in [5.41, 5.74) is 2.89. The highest BCUT2D eigenvalue weighted by molar-refractivity contribution is 7.99. The lowest BCUT2D eigenvalue weighted by Crippen LogP contribution is -2.20. The quantitative estimate of drug-likeness (QED) is 0.200. The molecule has 184 valence electrons. The average Bonchev–Trinajstić information content (AvgIpc) is 3.32. The number of hydrogen-bond acceptors (Lipinski definition) is 6. The number of nitrogens with zero attached hydrogens (tertiary/aromatic N) is 4. The molecule has 0 aliphatic heterocycles. The number of para-hydroxylation sites is 1. The molecule has 11 heteroatoms. The number of alkyl halides is 3. The molecule has 0 spiro atoms. The van der Waals surface area contributed by atoms with Crippen molar-refractivity contribution in [1.82, 2.24) is 20.2 Å². The SMILES string of the molecule is COc1ccc(-c2nnc(SCC(=O)N/N=C/c3ccccc3C(F)(F)F)n2-c2ccccc2)cc1. The van der Waals surface area contributed by atoms with E-state index in [1.807, 2.05) is 59.2 Å². The van der Waals surface area contributed by atoms with Crippen molar-refractivity contribution in [2.75, 3.05) is 12.9 Å². The molecule has 1 aromatic heterocycles. The summed E-state index contributed by atoms with van der Waals surface area (Å²) in [5, 5.41) is 12.7. The molecule has 0 saturated carbocycles. The second-order valence-electron chi connectivity index (χ2n) is 7.37. The van der Waals surface area contributed by atoms with Gasteiger partial charge in [0.15, 0.2) is 11.0 Å². The van der Waals surface area contributed by atoms with E-state index in [0.29, 0.717) is 16.7 Å². The molecule has 1 N–H and O–H groups in total. The van der Waals surface area contributed by atoms with E-state index < -0.39 is 17.6 Å². The Kier molecular flexibility index (Phi) is 7.69. The van der Waals surface area contributed by atoms with Crippen LogP contribution in [0.3, 0.4) is 0 Å². The van der Waals surface area contributed by atoms with E-state index in [0.717, 1.165) is 35.3 Å². The van der Waals surface area contributed by atoms with Gasteiger partial charge in [0.25, 0.3) is 5.91 Å². The Morgan fingerprint density at radius 2 is 1.72 bits per heavy atom. The van der Waals surface area contributed by atoms with Crippen molar-refractivity contribution in [2.24, 2.45) is 5.10 Å². The summed E-state index contributed by atoms with van der Waals surface area (Å²) in [6, 6.07) is 21.7. The van der Waals surface area contributed by atoms with Gasteiger partial charge in [0, 0.05) is 16.8 Å². The molecule has 0 aliphatic carbocycles. The zero-order chi connectivity index (χ0) is 25.5. The first-order valence-corrected chi connectivity index (χ1v) is 11.6. The van der Waals surface area contributed by atoms with Crippen LogP contribution in [-0.2, 0) is 11.0 Å². The molecule has 0 fully saturated rings. The van der Waals surface area contributed by atoms with Gasteiger partial charge in [-0.3, -0.25) is 9.36 Å². The fraction of sp³-hybridized carbons (Fsp3) is 0.120. The third kappa shape index (κ3) is 5.92. The van der Waals surface area contributed by atoms with Gasteiger partial charge >= 0.3 is 6.18 Å². The van der Waals surface area contributed by atoms with E-state index >= 15 is 0 Å². The molecule has 0 saturated heterocycles. The number of hydrogen-bond donors (Lipinski definition) is 1. The predicted molar refractivity (Wildman–Crippen MR) is 131 cm³/mol. The molecule has 0 bridgehead atoms. The molecule has 0 atom stereocenters. The Labute approximate surface area is 209 Å². The lowest BCUT2D eigenvalue weighted by molar-refractivity contribution is -0.137. The van der Waals surface area contributed by atoms with Gasteiger partial charge in [0.1, 0.15) is 5.75 Å². The zero-order valence-corrected chi connectivity index (χ0v) is 19.8. The first-order chi connectivity index (χ1) is 17.4. The van der Waals surface area contributed by atoms with Crippen molar-refractivity contribution in [1.29, 1.82) is 0 Å². The van der Waals surface area contributed by atoms with Crippen LogP contribution in [-0.4, -0.2) is 39.7 Å². The number of aromatic nitrogens is 3. The van der Waals surface area contributed by atoms with Gasteiger partial charge in [-0.25, -0.2) is 5.43 Å². The Bertz CT molecular complexity index is 1360. The standard InChI is InChI=1S/C25H20F3N5O2S/c1-35-20-13-11-17(12-14-20)23-31-32-24(33(23)19-8-3-2-4-9-19)36-16-22(34)30-29-15-18-7-5-6-10-21(18)25(26,27)28/h2-15H,16H2,1H3,(H,30,34)/b29-15+. The van der Waals surface area contributed by atoms with Gasteiger partial charge < -0.3 is 4.74 Å². The third-order valence-electron chi connectivity index (χ3n) is 4.99. The fourth-order valence-corrected chi connectivity index (χ4v) is 4.05. The number of hydrazone groups is 1. The van der Waals surface area contributed by atoms with Crippen LogP contribution in [0.5, 0.6) is 5.75 Å². The van der Waals surface area contributed by atoms with Crippen molar-refractivity contribution in [3.8, 4) is 22.8 Å². The van der Waals surface area contributed by atoms with Gasteiger partial charge in [0.2, 0.25) is 0 Å². The molecule has 4 aromatic rings. The Morgan fingerprint density at radius 1 is 1.03 bits per heavy atom. The lowest BCUT2D eigenvalue weighted by Gasteiger charge is -2.10. The van der Waals surface area contributed by atoms with Gasteiger partial charge in [0.05, 0.1) is 24.6 Å². The zero-order valence-electron chi connectivity index (χ0n) is 18.9. The monoisotopic (exact) mass is 511 g/mol. The molecule has 0 aliphatic rings. The molecular formula is C25H20F3N5O2S. The lowest BCUT2D eigenvalue weighted by atomic mass is 10.1. The average molecular weight is 512 g/mol. The molecule has 7 nitrogen and oxygen atoms in total. The minimum Gasteiger partial charge on any atom is -0.497 e. The Morgan fingerprint density at radius 3 is 2.42 bits per heavy atom. The van der Waals surface area contributed by atoms with Crippen molar-refractivity contribution < 1.29 is 22.7 Å². The molecule has 0 unspecified atom stereocenters. The van der Waals surface area contributed by atoms with E-state index in [-0.39, 0.29) is 11.3 Å². The van der Waals surface area contributed by atoms with Crippen LogP contribution in [0.1, 0.15) is 11.1 Å². The topological polar surface area (TPSA) is 81.4 Å². The summed E-state index contributed by atoms with van der Waals surface area (Å²) >= 11 is 1.13. The summed E-state index contributed by atoms with van der Waals surface area (Å²) < 4.78 is 46.4. The number of thioether (sulfide) groups is 1. The number of halogens is 3. The fourth-order valence-electron chi connectivity index (χ4n) is 3.30. The van der Waals surface area contributed by atoms with E-state index in [1.54, 1.807) is 7.11 Å². The minimum absolute atomic E-state index is 0.0775. The van der Waals surface area contributed by atoms with Crippen LogP contribution < -0.4 is 10.2 Å². The van der Waals surface area contributed by atoms with E-state index in [1.165, 1.54) is 18.2 Å². The smallest absolute Gasteiger partial charge is 0.417 e. The summed E-state index contributed by atoms with van der Waals surface area (Å²) in [5.74, 6) is 0.698. The van der Waals surface area contributed by atoms with Crippen LogP contribution in [0.2, 0.25) is 0 Å². The number of carbonyl (C=O) groups excluding carboxylic acids is 1. The van der Waals surface area contributed by atoms with Crippen molar-refractivity contribution in [3.05, 3.63) is 90.0 Å². The first kappa shape index (κ1) is 25.0. The second kappa shape index (κ2) is 11.1. The maximum absolute atomic E-state index is 13.1. The summed E-state index contributed by atoms with van der Waals surface area (Å²) in [6.45, 7) is 0. The normalized spacial score (nSPS) is 11.6. The third-order valence-corrected chi connectivity index (χ3v) is 5.92. The first-order valence-electron chi connectivity index (χ1n) is 10.6. The number of rotatable bonds is 8. The predicted octanol–water partition coefficient (Wildman–Crippen LogP) is 5.20. The van der Waals surface area contributed by atoms with E-state index in [4.69, 9.17) is 4.74 Å². The molecule has 3 aromatic carbocycles. The molecular weight excluding hydrogens is 491 g/mol. The van der Waals surface area contributed by atoms with Gasteiger partial charge in [-0.05, 0) is 42.5 Å². The molecule has 1 heterocycles. The number of amides is 1. The largest absolute Gasteiger partial charge is 0.497 e. The van der Waals surface area contributed by atoms with Gasteiger partial charge in [-0.2, -0.15) is 18.3 Å². The second-order valence-corrected chi connectivity index (χ2v) is 8.32. The number of benzene rings is 3. The summed E-state index contributed by atoms with van der Waals surface area (Å²) in [4.78, 5) is 12.3. The Hall–Kier alpha value is -4.12. The van der Waals surface area contributed by atoms with Crippen molar-refractivity contribution >= 4 is 23.9 Å². The van der Waals surface area contributed by atoms with Crippen LogP contribution in [0.15, 0.2) is 89.1 Å². The van der Waals surface area contributed by atoms with E-state index in [2.05, 4.69) is 20.7 Å². The number of nitrogens with one attached hydrogen (secondary N) is 1. The van der Waals surface area contributed by atoms with Crippen LogP contribution >= 0.6 is 11.8 Å². The van der Waals surface area contributed by atoms with Gasteiger partial charge in [-0.1, -0.05) is 48.2 Å². The van der Waals surface area contributed by atoms with Crippen molar-refractivity contribution in [2.45, 2.75) is 11.3 Å². The number of ether oxygens (including phenoxy) is 1. The maximum Gasteiger partial charge on any atom is 0.417 e. The summed E-state index contributed by atoms with van der Waals surface area (Å²) in [7, 11) is 1.58. The summed E-state index contributed by atoms with van der Waals surface area (Å²) in [6.07, 6.45) is -3.55. The molecule has 4 rings (SSSR count). The van der Waals surface area contributed by atoms with Crippen LogP contribution in [0, 0.1) is 0 Å². The highest BCUT2D eigenvalue weighted by Gasteiger charge is 2.32. The Balaban J connectivity index is 1.49. The van der Waals surface area contributed by atoms with Crippen LogP contribution in [0.25, 0.3) is 17.1 Å². The highest BCUT2D eigenvalue weighted by atomic mass is 32.2. The van der Waals surface area contributed by atoms with Crippen LogP contribution in [0.4, 0.5) is 13.2 Å².